The second kappa shape index (κ2) is 4.61. The second-order valence-electron chi connectivity index (χ2n) is 4.56. The number of aryl methyl sites for hydroxylation is 1. The van der Waals surface area contributed by atoms with E-state index in [1.807, 2.05) is 61.7 Å². The predicted molar refractivity (Wildman–Crippen MR) is 77.4 cm³/mol. The molecule has 3 rings (SSSR count). The molecule has 1 heterocycles. The van der Waals surface area contributed by atoms with E-state index in [9.17, 15) is 4.79 Å². The molecule has 0 spiro atoms. The molecule has 0 saturated heterocycles. The number of amides is 1. The Morgan fingerprint density at radius 1 is 1.05 bits per heavy atom. The molecule has 94 valence electrons. The summed E-state index contributed by atoms with van der Waals surface area (Å²) in [4.78, 5) is 15.3. The second-order valence-corrected chi connectivity index (χ2v) is 4.56. The van der Waals surface area contributed by atoms with Gasteiger partial charge in [0.25, 0.3) is 5.91 Å². The molecule has 3 nitrogen and oxygen atoms in total. The molecular weight excluding hydrogens is 236 g/mol. The number of carbonyl (C=O) groups excluding carboxylic acids is 1. The fourth-order valence-electron chi connectivity index (χ4n) is 2.09. The van der Waals surface area contributed by atoms with Crippen molar-refractivity contribution < 1.29 is 4.79 Å². The maximum atomic E-state index is 12.2. The van der Waals surface area contributed by atoms with E-state index in [-0.39, 0.29) is 5.91 Å². The monoisotopic (exact) mass is 250 g/mol. The highest BCUT2D eigenvalue weighted by Gasteiger charge is 2.08. The SMILES string of the molecule is Cc1ccc(C(=O)Nc2cccc3[nH]ccc23)cc1. The third-order valence-electron chi connectivity index (χ3n) is 3.16. The van der Waals surface area contributed by atoms with E-state index in [2.05, 4.69) is 10.3 Å². The summed E-state index contributed by atoms with van der Waals surface area (Å²) in [7, 11) is 0. The van der Waals surface area contributed by atoms with Crippen molar-refractivity contribution in [3.05, 3.63) is 65.9 Å². The fourth-order valence-corrected chi connectivity index (χ4v) is 2.09. The number of aromatic nitrogens is 1. The first kappa shape index (κ1) is 11.5. The van der Waals surface area contributed by atoms with E-state index in [1.54, 1.807) is 0 Å². The van der Waals surface area contributed by atoms with E-state index in [1.165, 1.54) is 0 Å². The van der Waals surface area contributed by atoms with E-state index in [4.69, 9.17) is 0 Å². The van der Waals surface area contributed by atoms with Crippen molar-refractivity contribution in [2.75, 3.05) is 5.32 Å². The van der Waals surface area contributed by atoms with Crippen LogP contribution in [0, 0.1) is 6.92 Å². The number of nitrogens with one attached hydrogen (secondary N) is 2. The van der Waals surface area contributed by atoms with Crippen LogP contribution in [0.2, 0.25) is 0 Å². The molecule has 0 unspecified atom stereocenters. The van der Waals surface area contributed by atoms with Gasteiger partial charge in [-0.15, -0.1) is 0 Å². The van der Waals surface area contributed by atoms with E-state index in [0.29, 0.717) is 5.56 Å². The van der Waals surface area contributed by atoms with Crippen LogP contribution < -0.4 is 5.32 Å². The van der Waals surface area contributed by atoms with Crippen LogP contribution in [0.15, 0.2) is 54.7 Å². The van der Waals surface area contributed by atoms with E-state index in [0.717, 1.165) is 22.2 Å². The largest absolute Gasteiger partial charge is 0.361 e. The van der Waals surface area contributed by atoms with Crippen molar-refractivity contribution in [2.45, 2.75) is 6.92 Å². The lowest BCUT2D eigenvalue weighted by Crippen LogP contribution is -2.11. The van der Waals surface area contributed by atoms with Gasteiger partial charge >= 0.3 is 0 Å². The molecule has 2 aromatic carbocycles. The molecule has 1 amide bonds. The van der Waals surface area contributed by atoms with Crippen LogP contribution >= 0.6 is 0 Å². The maximum absolute atomic E-state index is 12.2. The minimum atomic E-state index is -0.0892. The van der Waals surface area contributed by atoms with Gasteiger partial charge in [-0.2, -0.15) is 0 Å². The molecule has 0 aliphatic heterocycles. The zero-order chi connectivity index (χ0) is 13.2. The van der Waals surface area contributed by atoms with Gasteiger partial charge in [0.05, 0.1) is 5.69 Å². The maximum Gasteiger partial charge on any atom is 0.255 e. The summed E-state index contributed by atoms with van der Waals surface area (Å²) in [6, 6.07) is 15.3. The molecule has 0 atom stereocenters. The number of rotatable bonds is 2. The molecule has 0 fully saturated rings. The molecule has 19 heavy (non-hydrogen) atoms. The molecular formula is C16H14N2O. The Hall–Kier alpha value is -2.55. The molecule has 2 N–H and O–H groups in total. The highest BCUT2D eigenvalue weighted by atomic mass is 16.1. The third kappa shape index (κ3) is 2.22. The van der Waals surface area contributed by atoms with Gasteiger partial charge in [0.15, 0.2) is 0 Å². The van der Waals surface area contributed by atoms with Gasteiger partial charge in [-0.25, -0.2) is 0 Å². The lowest BCUT2D eigenvalue weighted by atomic mass is 10.1. The van der Waals surface area contributed by atoms with Crippen molar-refractivity contribution >= 4 is 22.5 Å². The number of hydrogen-bond donors (Lipinski definition) is 2. The number of H-pyrrole nitrogens is 1. The Morgan fingerprint density at radius 2 is 1.84 bits per heavy atom. The van der Waals surface area contributed by atoms with Gasteiger partial charge in [0.1, 0.15) is 0 Å². The van der Waals surface area contributed by atoms with Gasteiger partial charge in [-0.1, -0.05) is 23.8 Å². The molecule has 0 saturated carbocycles. The van der Waals surface area contributed by atoms with E-state index < -0.39 is 0 Å². The Morgan fingerprint density at radius 3 is 2.63 bits per heavy atom. The topological polar surface area (TPSA) is 44.9 Å². The van der Waals surface area contributed by atoms with Crippen LogP contribution in [0.5, 0.6) is 0 Å². The molecule has 3 heteroatoms. The molecule has 0 aliphatic carbocycles. The van der Waals surface area contributed by atoms with Gasteiger partial charge in [-0.3, -0.25) is 4.79 Å². The van der Waals surface area contributed by atoms with Gasteiger partial charge in [0, 0.05) is 22.7 Å². The van der Waals surface area contributed by atoms with Crippen LogP contribution in [0.25, 0.3) is 10.9 Å². The summed E-state index contributed by atoms with van der Waals surface area (Å²) < 4.78 is 0. The summed E-state index contributed by atoms with van der Waals surface area (Å²) in [5.74, 6) is -0.0892. The smallest absolute Gasteiger partial charge is 0.255 e. The van der Waals surface area contributed by atoms with Crippen LogP contribution in [-0.2, 0) is 0 Å². The highest BCUT2D eigenvalue weighted by molar-refractivity contribution is 6.08. The normalized spacial score (nSPS) is 10.6. The standard InChI is InChI=1S/C16H14N2O/c1-11-5-7-12(8-6-11)16(19)18-15-4-2-3-14-13(15)9-10-17-14/h2-10,17H,1H3,(H,18,19). The number of hydrogen-bond acceptors (Lipinski definition) is 1. The quantitative estimate of drug-likeness (QED) is 0.715. The highest BCUT2D eigenvalue weighted by Crippen LogP contribution is 2.22. The summed E-state index contributed by atoms with van der Waals surface area (Å²) in [6.07, 6.45) is 1.87. The molecule has 0 bridgehead atoms. The van der Waals surface area contributed by atoms with Crippen LogP contribution in [-0.4, -0.2) is 10.9 Å². The zero-order valence-electron chi connectivity index (χ0n) is 10.6. The fraction of sp³-hybridized carbons (Fsp3) is 0.0625. The third-order valence-corrected chi connectivity index (χ3v) is 3.16. The summed E-state index contributed by atoms with van der Waals surface area (Å²) in [5, 5.41) is 3.96. The number of anilines is 1. The molecule has 0 radical (unpaired) electrons. The number of benzene rings is 2. The summed E-state index contributed by atoms with van der Waals surface area (Å²) in [6.45, 7) is 2.00. The molecule has 3 aromatic rings. The Kier molecular flexibility index (Phi) is 2.80. The lowest BCUT2D eigenvalue weighted by molar-refractivity contribution is 0.102. The summed E-state index contributed by atoms with van der Waals surface area (Å²) >= 11 is 0. The van der Waals surface area contributed by atoms with Crippen molar-refractivity contribution in [1.29, 1.82) is 0 Å². The van der Waals surface area contributed by atoms with E-state index >= 15 is 0 Å². The molecule has 0 aliphatic rings. The first-order valence-corrected chi connectivity index (χ1v) is 6.18. The lowest BCUT2D eigenvalue weighted by Gasteiger charge is -2.07. The Labute approximate surface area is 111 Å². The number of carbonyl (C=O) groups is 1. The summed E-state index contributed by atoms with van der Waals surface area (Å²) in [5.41, 5.74) is 3.65. The zero-order valence-corrected chi connectivity index (χ0v) is 10.6. The Balaban J connectivity index is 1.90. The van der Waals surface area contributed by atoms with Crippen molar-refractivity contribution in [2.24, 2.45) is 0 Å². The Bertz CT molecular complexity index is 726. The average Bonchev–Trinajstić information content (AvgIpc) is 2.89. The van der Waals surface area contributed by atoms with Crippen molar-refractivity contribution in [1.82, 2.24) is 4.98 Å². The number of fused-ring (bicyclic) bond motifs is 1. The first-order valence-electron chi connectivity index (χ1n) is 6.18. The van der Waals surface area contributed by atoms with Crippen LogP contribution in [0.3, 0.4) is 0 Å². The van der Waals surface area contributed by atoms with Crippen molar-refractivity contribution in [3.8, 4) is 0 Å². The minimum Gasteiger partial charge on any atom is -0.361 e. The van der Waals surface area contributed by atoms with Crippen LogP contribution in [0.1, 0.15) is 15.9 Å². The van der Waals surface area contributed by atoms with Crippen molar-refractivity contribution in [3.63, 3.8) is 0 Å². The predicted octanol–water partition coefficient (Wildman–Crippen LogP) is 3.73. The van der Waals surface area contributed by atoms with Gasteiger partial charge < -0.3 is 10.3 Å². The van der Waals surface area contributed by atoms with Gasteiger partial charge in [-0.05, 0) is 37.3 Å². The van der Waals surface area contributed by atoms with Crippen LogP contribution in [0.4, 0.5) is 5.69 Å². The van der Waals surface area contributed by atoms with Gasteiger partial charge in [0.2, 0.25) is 0 Å². The molecule has 1 aromatic heterocycles. The number of aromatic amines is 1. The first-order chi connectivity index (χ1) is 9.24. The average molecular weight is 250 g/mol. The minimum absolute atomic E-state index is 0.0892.